The number of anilines is 1. The van der Waals surface area contributed by atoms with E-state index >= 15 is 0 Å². The summed E-state index contributed by atoms with van der Waals surface area (Å²) < 4.78 is 0. The van der Waals surface area contributed by atoms with Crippen LogP contribution < -0.4 is 4.90 Å². The van der Waals surface area contributed by atoms with Crippen LogP contribution >= 0.6 is 0 Å². The average molecular weight is 247 g/mol. The van der Waals surface area contributed by atoms with E-state index in [1.54, 1.807) is 31.6 Å². The van der Waals surface area contributed by atoms with Gasteiger partial charge in [0.05, 0.1) is 17.4 Å². The number of aliphatic carboxylic acids is 1. The maximum Gasteiger partial charge on any atom is 0.315 e. The summed E-state index contributed by atoms with van der Waals surface area (Å²) in [5.74, 6) is -2.65. The second-order valence-electron chi connectivity index (χ2n) is 4.06. The van der Waals surface area contributed by atoms with E-state index in [1.165, 1.54) is 11.8 Å². The van der Waals surface area contributed by atoms with Gasteiger partial charge in [0.15, 0.2) is 0 Å². The minimum Gasteiger partial charge on any atom is -0.481 e. The molecule has 0 bridgehead atoms. The summed E-state index contributed by atoms with van der Waals surface area (Å²) in [6, 6.07) is 5.26. The summed E-state index contributed by atoms with van der Waals surface area (Å²) in [5.41, 5.74) is 2.23. The number of hydrogen-bond donors (Lipinski definition) is 2. The number of nitrogens with zero attached hydrogens (tertiary/aromatic N) is 2. The Hall–Kier alpha value is -2.37. The van der Waals surface area contributed by atoms with E-state index in [1.807, 2.05) is 0 Å². The summed E-state index contributed by atoms with van der Waals surface area (Å²) in [6.07, 6.45) is 1.57. The van der Waals surface area contributed by atoms with Crippen LogP contribution in [0.5, 0.6) is 0 Å². The van der Waals surface area contributed by atoms with Crippen LogP contribution in [0.1, 0.15) is 6.92 Å². The smallest absolute Gasteiger partial charge is 0.315 e. The topological polar surface area (TPSA) is 86.3 Å². The molecule has 6 nitrogen and oxygen atoms in total. The van der Waals surface area contributed by atoms with E-state index in [2.05, 4.69) is 9.97 Å². The van der Waals surface area contributed by atoms with Gasteiger partial charge >= 0.3 is 5.97 Å². The predicted molar refractivity (Wildman–Crippen MR) is 66.3 cm³/mol. The van der Waals surface area contributed by atoms with Crippen LogP contribution in [0.2, 0.25) is 0 Å². The molecule has 0 spiro atoms. The molecule has 2 N–H and O–H groups in total. The van der Waals surface area contributed by atoms with Crippen LogP contribution in [0.25, 0.3) is 11.0 Å². The van der Waals surface area contributed by atoms with E-state index in [0.29, 0.717) is 5.69 Å². The molecule has 0 saturated heterocycles. The lowest BCUT2D eigenvalue weighted by Crippen LogP contribution is -2.35. The molecule has 0 fully saturated rings. The lowest BCUT2D eigenvalue weighted by Gasteiger charge is -2.19. The van der Waals surface area contributed by atoms with Gasteiger partial charge in [0.2, 0.25) is 5.91 Å². The Morgan fingerprint density at radius 2 is 2.17 bits per heavy atom. The summed E-state index contributed by atoms with van der Waals surface area (Å²) >= 11 is 0. The number of amides is 1. The number of carbonyl (C=O) groups is 2. The van der Waals surface area contributed by atoms with Gasteiger partial charge in [0, 0.05) is 12.7 Å². The van der Waals surface area contributed by atoms with E-state index in [9.17, 15) is 9.59 Å². The van der Waals surface area contributed by atoms with Gasteiger partial charge in [-0.05, 0) is 25.1 Å². The Morgan fingerprint density at radius 3 is 2.83 bits per heavy atom. The summed E-state index contributed by atoms with van der Waals surface area (Å²) in [5, 5.41) is 8.82. The number of rotatable bonds is 3. The molecule has 94 valence electrons. The number of fused-ring (bicyclic) bond motifs is 1. The summed E-state index contributed by atoms with van der Waals surface area (Å²) in [4.78, 5) is 31.0. The second-order valence-corrected chi connectivity index (χ2v) is 4.06. The van der Waals surface area contributed by atoms with Crippen LogP contribution in [-0.4, -0.2) is 34.0 Å². The molecule has 0 aliphatic rings. The van der Waals surface area contributed by atoms with Gasteiger partial charge in [-0.2, -0.15) is 0 Å². The molecule has 1 aromatic heterocycles. The van der Waals surface area contributed by atoms with Gasteiger partial charge < -0.3 is 15.0 Å². The normalized spacial score (nSPS) is 12.3. The van der Waals surface area contributed by atoms with Crippen molar-refractivity contribution < 1.29 is 14.7 Å². The zero-order valence-electron chi connectivity index (χ0n) is 10.0. The summed E-state index contributed by atoms with van der Waals surface area (Å²) in [7, 11) is 1.55. The maximum absolute atomic E-state index is 11.9. The zero-order chi connectivity index (χ0) is 13.3. The lowest BCUT2D eigenvalue weighted by atomic mass is 10.1. The number of aromatic nitrogens is 2. The van der Waals surface area contributed by atoms with Crippen molar-refractivity contribution in [2.24, 2.45) is 5.92 Å². The molecule has 1 amide bonds. The third kappa shape index (κ3) is 2.04. The molecule has 1 atom stereocenters. The van der Waals surface area contributed by atoms with Crippen LogP contribution in [0.3, 0.4) is 0 Å². The Kier molecular flexibility index (Phi) is 3.01. The molecule has 1 aromatic carbocycles. The Labute approximate surface area is 103 Å². The average Bonchev–Trinajstić information content (AvgIpc) is 2.82. The Bertz CT molecular complexity index is 605. The van der Waals surface area contributed by atoms with Crippen LogP contribution in [0, 0.1) is 5.92 Å². The van der Waals surface area contributed by atoms with E-state index in [0.717, 1.165) is 11.0 Å². The van der Waals surface area contributed by atoms with Crippen molar-refractivity contribution in [3.05, 3.63) is 24.5 Å². The molecule has 1 unspecified atom stereocenters. The first-order valence-electron chi connectivity index (χ1n) is 5.44. The first-order chi connectivity index (χ1) is 8.50. The second kappa shape index (κ2) is 4.48. The molecular weight excluding hydrogens is 234 g/mol. The third-order valence-electron chi connectivity index (χ3n) is 2.86. The standard InChI is InChI=1S/C12H13N3O3/c1-7(12(17)18)11(16)15(2)8-3-4-9-10(5-8)14-6-13-9/h3-7H,1-2H3,(H,13,14)(H,17,18). The molecule has 0 radical (unpaired) electrons. The van der Waals surface area contributed by atoms with Gasteiger partial charge in [-0.3, -0.25) is 9.59 Å². The van der Waals surface area contributed by atoms with Gasteiger partial charge in [-0.1, -0.05) is 0 Å². The van der Waals surface area contributed by atoms with Crippen molar-refractivity contribution in [2.45, 2.75) is 6.92 Å². The number of carboxylic acids is 1. The highest BCUT2D eigenvalue weighted by Crippen LogP contribution is 2.20. The predicted octanol–water partition coefficient (Wildman–Crippen LogP) is 1.25. The molecular formula is C12H13N3O3. The largest absolute Gasteiger partial charge is 0.481 e. The van der Waals surface area contributed by atoms with Crippen molar-refractivity contribution in [1.29, 1.82) is 0 Å². The Balaban J connectivity index is 2.29. The zero-order valence-corrected chi connectivity index (χ0v) is 10.0. The number of benzene rings is 1. The van der Waals surface area contributed by atoms with Crippen molar-refractivity contribution >= 4 is 28.6 Å². The molecule has 6 heteroatoms. The van der Waals surface area contributed by atoms with Crippen molar-refractivity contribution in [2.75, 3.05) is 11.9 Å². The molecule has 0 aliphatic heterocycles. The number of H-pyrrole nitrogens is 1. The lowest BCUT2D eigenvalue weighted by molar-refractivity contribution is -0.145. The fourth-order valence-electron chi connectivity index (χ4n) is 1.66. The van der Waals surface area contributed by atoms with E-state index in [-0.39, 0.29) is 0 Å². The van der Waals surface area contributed by atoms with Gasteiger partial charge in [0.1, 0.15) is 5.92 Å². The molecule has 0 saturated carbocycles. The molecule has 2 rings (SSSR count). The van der Waals surface area contributed by atoms with Gasteiger partial charge in [-0.25, -0.2) is 4.98 Å². The monoisotopic (exact) mass is 247 g/mol. The first-order valence-corrected chi connectivity index (χ1v) is 5.44. The van der Waals surface area contributed by atoms with E-state index < -0.39 is 17.8 Å². The van der Waals surface area contributed by atoms with Crippen LogP contribution in [0.15, 0.2) is 24.5 Å². The molecule has 1 heterocycles. The molecule has 18 heavy (non-hydrogen) atoms. The number of carbonyl (C=O) groups excluding carboxylic acids is 1. The number of nitrogens with one attached hydrogen (secondary N) is 1. The Morgan fingerprint density at radius 1 is 1.44 bits per heavy atom. The highest BCUT2D eigenvalue weighted by atomic mass is 16.4. The van der Waals surface area contributed by atoms with Crippen molar-refractivity contribution in [3.63, 3.8) is 0 Å². The number of carboxylic acid groups (broad SMARTS) is 1. The third-order valence-corrected chi connectivity index (χ3v) is 2.86. The van der Waals surface area contributed by atoms with Gasteiger partial charge in [0.25, 0.3) is 0 Å². The summed E-state index contributed by atoms with van der Waals surface area (Å²) in [6.45, 7) is 1.37. The fraction of sp³-hybridized carbons (Fsp3) is 0.250. The first kappa shape index (κ1) is 12.1. The maximum atomic E-state index is 11.9. The minimum absolute atomic E-state index is 0.457. The fourth-order valence-corrected chi connectivity index (χ4v) is 1.66. The molecule has 2 aromatic rings. The van der Waals surface area contributed by atoms with Crippen molar-refractivity contribution in [1.82, 2.24) is 9.97 Å². The van der Waals surface area contributed by atoms with Crippen LogP contribution in [-0.2, 0) is 9.59 Å². The van der Waals surface area contributed by atoms with Gasteiger partial charge in [-0.15, -0.1) is 0 Å². The number of hydrogen-bond acceptors (Lipinski definition) is 3. The minimum atomic E-state index is -1.13. The van der Waals surface area contributed by atoms with E-state index in [4.69, 9.17) is 5.11 Å². The number of aromatic amines is 1. The number of imidazole rings is 1. The van der Waals surface area contributed by atoms with Crippen LogP contribution in [0.4, 0.5) is 5.69 Å². The van der Waals surface area contributed by atoms with Crippen molar-refractivity contribution in [3.8, 4) is 0 Å². The quantitative estimate of drug-likeness (QED) is 0.799. The highest BCUT2D eigenvalue weighted by molar-refractivity contribution is 6.05. The highest BCUT2D eigenvalue weighted by Gasteiger charge is 2.24. The SMILES string of the molecule is CC(C(=O)O)C(=O)N(C)c1ccc2nc[nH]c2c1. The molecule has 0 aliphatic carbocycles.